The molecule has 1 aliphatic carbocycles. The summed E-state index contributed by atoms with van der Waals surface area (Å²) in [6, 6.07) is 24.7. The molecule has 0 aromatic heterocycles. The Hall–Kier alpha value is -2.84. The molecule has 1 aliphatic heterocycles. The van der Waals surface area contributed by atoms with E-state index in [4.69, 9.17) is 4.74 Å². The van der Waals surface area contributed by atoms with Gasteiger partial charge in [-0.1, -0.05) is 60.7 Å². The minimum Gasteiger partial charge on any atom is -0.456 e. The van der Waals surface area contributed by atoms with Crippen molar-refractivity contribution in [2.24, 2.45) is 0 Å². The Bertz CT molecular complexity index is 968. The van der Waals surface area contributed by atoms with E-state index < -0.39 is 6.10 Å². The predicted octanol–water partition coefficient (Wildman–Crippen LogP) is 5.45. The molecule has 0 radical (unpaired) electrons. The highest BCUT2D eigenvalue weighted by Crippen LogP contribution is 2.48. The van der Waals surface area contributed by atoms with Gasteiger partial charge < -0.3 is 9.84 Å². The van der Waals surface area contributed by atoms with E-state index in [0.29, 0.717) is 0 Å². The van der Waals surface area contributed by atoms with Crippen LogP contribution in [0.25, 0.3) is 11.1 Å². The fourth-order valence-corrected chi connectivity index (χ4v) is 4.19. The van der Waals surface area contributed by atoms with Crippen molar-refractivity contribution in [2.45, 2.75) is 25.4 Å². The van der Waals surface area contributed by atoms with Gasteiger partial charge in [0.05, 0.1) is 6.10 Å². The lowest BCUT2D eigenvalue weighted by molar-refractivity contribution is 0.221. The molecule has 2 nitrogen and oxygen atoms in total. The molecule has 5 rings (SSSR count). The van der Waals surface area contributed by atoms with E-state index in [2.05, 4.69) is 36.4 Å². The first-order valence-electron chi connectivity index (χ1n) is 9.20. The number of aliphatic hydroxyl groups is 1. The van der Waals surface area contributed by atoms with E-state index in [1.165, 1.54) is 11.1 Å². The molecule has 2 heteroatoms. The molecular formula is C24H20O2. The topological polar surface area (TPSA) is 29.5 Å². The zero-order valence-corrected chi connectivity index (χ0v) is 14.5. The van der Waals surface area contributed by atoms with Crippen molar-refractivity contribution in [3.8, 4) is 11.5 Å². The van der Waals surface area contributed by atoms with Crippen molar-refractivity contribution in [1.82, 2.24) is 0 Å². The van der Waals surface area contributed by atoms with E-state index in [1.54, 1.807) is 0 Å². The van der Waals surface area contributed by atoms with Crippen LogP contribution in [0.1, 0.15) is 35.1 Å². The first kappa shape index (κ1) is 15.4. The fraction of sp³-hybridized carbons (Fsp3) is 0.167. The second-order valence-electron chi connectivity index (χ2n) is 6.95. The Morgan fingerprint density at radius 1 is 0.731 bits per heavy atom. The van der Waals surface area contributed by atoms with Crippen LogP contribution in [0.15, 0.2) is 72.8 Å². The van der Waals surface area contributed by atoms with Gasteiger partial charge in [-0.2, -0.15) is 0 Å². The van der Waals surface area contributed by atoms with Crippen molar-refractivity contribution >= 4 is 11.1 Å². The highest BCUT2D eigenvalue weighted by molar-refractivity contribution is 6.04. The molecule has 1 heterocycles. The lowest BCUT2D eigenvalue weighted by Crippen LogP contribution is -2.13. The molecule has 128 valence electrons. The van der Waals surface area contributed by atoms with Crippen molar-refractivity contribution < 1.29 is 9.84 Å². The van der Waals surface area contributed by atoms with E-state index in [-0.39, 0.29) is 0 Å². The maximum absolute atomic E-state index is 11.1. The van der Waals surface area contributed by atoms with Crippen LogP contribution in [0.5, 0.6) is 11.5 Å². The summed E-state index contributed by atoms with van der Waals surface area (Å²) >= 11 is 0. The number of fused-ring (bicyclic) bond motifs is 3. The van der Waals surface area contributed by atoms with Crippen LogP contribution in [0, 0.1) is 0 Å². The predicted molar refractivity (Wildman–Crippen MR) is 104 cm³/mol. The van der Waals surface area contributed by atoms with E-state index in [1.807, 2.05) is 36.4 Å². The molecule has 1 unspecified atom stereocenters. The second kappa shape index (κ2) is 6.15. The minimum absolute atomic E-state index is 0.479. The van der Waals surface area contributed by atoms with Gasteiger partial charge in [-0.25, -0.2) is 0 Å². The average Bonchev–Trinajstić information content (AvgIpc) is 2.84. The van der Waals surface area contributed by atoms with E-state index in [9.17, 15) is 5.11 Å². The smallest absolute Gasteiger partial charge is 0.135 e. The number of aliphatic hydroxyl groups excluding tert-OH is 1. The molecule has 2 aliphatic rings. The van der Waals surface area contributed by atoms with Crippen molar-refractivity contribution in [2.75, 3.05) is 0 Å². The summed E-state index contributed by atoms with van der Waals surface area (Å²) in [7, 11) is 0. The fourth-order valence-electron chi connectivity index (χ4n) is 4.19. The summed E-state index contributed by atoms with van der Waals surface area (Å²) in [5, 5.41) is 11.1. The van der Waals surface area contributed by atoms with Crippen molar-refractivity contribution in [3.05, 3.63) is 95.1 Å². The van der Waals surface area contributed by atoms with Gasteiger partial charge in [-0.3, -0.25) is 0 Å². The zero-order valence-electron chi connectivity index (χ0n) is 14.5. The molecule has 3 aromatic carbocycles. The SMILES string of the molecule is OC1CCCc2ccccc2C1=C1c2ccccc2Oc2ccccc21. The molecule has 0 saturated carbocycles. The molecule has 3 aromatic rings. The van der Waals surface area contributed by atoms with Crippen molar-refractivity contribution in [1.29, 1.82) is 0 Å². The van der Waals surface area contributed by atoms with Gasteiger partial charge in [0.2, 0.25) is 0 Å². The molecule has 1 atom stereocenters. The van der Waals surface area contributed by atoms with Crippen LogP contribution in [0.2, 0.25) is 0 Å². The number of aryl methyl sites for hydroxylation is 1. The Labute approximate surface area is 153 Å². The van der Waals surface area contributed by atoms with Crippen LogP contribution in [0.3, 0.4) is 0 Å². The summed E-state index contributed by atoms with van der Waals surface area (Å²) in [6.45, 7) is 0. The maximum atomic E-state index is 11.1. The third-order valence-corrected chi connectivity index (χ3v) is 5.37. The van der Waals surface area contributed by atoms with Gasteiger partial charge >= 0.3 is 0 Å². The van der Waals surface area contributed by atoms with Crippen LogP contribution in [-0.4, -0.2) is 11.2 Å². The zero-order chi connectivity index (χ0) is 17.5. The third-order valence-electron chi connectivity index (χ3n) is 5.37. The number of hydrogen-bond acceptors (Lipinski definition) is 2. The average molecular weight is 340 g/mol. The van der Waals surface area contributed by atoms with Gasteiger partial charge in [0.25, 0.3) is 0 Å². The Morgan fingerprint density at radius 2 is 1.31 bits per heavy atom. The summed E-state index contributed by atoms with van der Waals surface area (Å²) in [5.74, 6) is 1.70. The molecule has 0 fully saturated rings. The van der Waals surface area contributed by atoms with E-state index >= 15 is 0 Å². The molecule has 0 spiro atoms. The van der Waals surface area contributed by atoms with Gasteiger partial charge in [0.1, 0.15) is 11.5 Å². The highest BCUT2D eigenvalue weighted by atomic mass is 16.5. The first-order chi connectivity index (χ1) is 12.8. The summed E-state index contributed by atoms with van der Waals surface area (Å²) in [5.41, 5.74) is 6.71. The number of ether oxygens (including phenoxy) is 1. The number of rotatable bonds is 0. The molecule has 1 N–H and O–H groups in total. The highest BCUT2D eigenvalue weighted by Gasteiger charge is 2.29. The van der Waals surface area contributed by atoms with Crippen molar-refractivity contribution in [3.63, 3.8) is 0 Å². The van der Waals surface area contributed by atoms with Crippen LogP contribution >= 0.6 is 0 Å². The quantitative estimate of drug-likeness (QED) is 0.431. The lowest BCUT2D eigenvalue weighted by atomic mass is 9.84. The van der Waals surface area contributed by atoms with Gasteiger partial charge in [0.15, 0.2) is 0 Å². The van der Waals surface area contributed by atoms with Gasteiger partial charge in [-0.05, 0) is 48.1 Å². The Morgan fingerprint density at radius 3 is 2.00 bits per heavy atom. The van der Waals surface area contributed by atoms with Crippen LogP contribution in [0.4, 0.5) is 0 Å². The van der Waals surface area contributed by atoms with Gasteiger partial charge in [0, 0.05) is 16.7 Å². The first-order valence-corrected chi connectivity index (χ1v) is 9.20. The number of benzene rings is 3. The number of hydrogen-bond donors (Lipinski definition) is 1. The Balaban J connectivity index is 1.89. The third kappa shape index (κ3) is 2.38. The Kier molecular flexibility index (Phi) is 3.65. The maximum Gasteiger partial charge on any atom is 0.135 e. The largest absolute Gasteiger partial charge is 0.456 e. The lowest BCUT2D eigenvalue weighted by Gasteiger charge is -2.27. The number of para-hydroxylation sites is 2. The summed E-state index contributed by atoms with van der Waals surface area (Å²) in [4.78, 5) is 0. The second-order valence-corrected chi connectivity index (χ2v) is 6.95. The monoisotopic (exact) mass is 340 g/mol. The molecule has 26 heavy (non-hydrogen) atoms. The molecule has 0 bridgehead atoms. The molecular weight excluding hydrogens is 320 g/mol. The van der Waals surface area contributed by atoms with E-state index in [0.717, 1.165) is 53.0 Å². The molecule has 0 amide bonds. The molecule has 0 saturated heterocycles. The van der Waals surface area contributed by atoms with Crippen LogP contribution < -0.4 is 4.74 Å². The minimum atomic E-state index is -0.479. The normalized spacial score (nSPS) is 18.3. The standard InChI is InChI=1S/C24H20O2/c25-20-13-7-9-16-8-1-2-10-17(16)24(20)23-18-11-3-5-14-21(18)26-22-15-6-4-12-19(22)23/h1-6,8,10-12,14-15,20,25H,7,9,13H2. The summed E-state index contributed by atoms with van der Waals surface area (Å²) in [6.07, 6.45) is 2.30. The summed E-state index contributed by atoms with van der Waals surface area (Å²) < 4.78 is 6.14. The van der Waals surface area contributed by atoms with Gasteiger partial charge in [-0.15, -0.1) is 0 Å². The van der Waals surface area contributed by atoms with Crippen LogP contribution in [-0.2, 0) is 6.42 Å².